The molecule has 0 bridgehead atoms. The van der Waals surface area contributed by atoms with Crippen LogP contribution < -0.4 is 0 Å². The molecule has 0 unspecified atom stereocenters. The van der Waals surface area contributed by atoms with E-state index in [1.54, 1.807) is 11.3 Å². The summed E-state index contributed by atoms with van der Waals surface area (Å²) in [7, 11) is 0. The second kappa shape index (κ2) is 16.1. The van der Waals surface area contributed by atoms with Crippen molar-refractivity contribution in [1.29, 1.82) is 0 Å². The van der Waals surface area contributed by atoms with Crippen LogP contribution in [0.3, 0.4) is 0 Å². The Hall–Kier alpha value is -7.60. The lowest BCUT2D eigenvalue weighted by molar-refractivity contribution is 1.07. The molecule has 0 N–H and O–H groups in total. The van der Waals surface area contributed by atoms with Gasteiger partial charge in [-0.15, -0.1) is 11.3 Å². The molecular weight excluding hydrogens is 737 g/mol. The molecule has 0 fully saturated rings. The Morgan fingerprint density at radius 1 is 0.322 bits per heavy atom. The van der Waals surface area contributed by atoms with Crippen LogP contribution in [0.25, 0.3) is 98.8 Å². The number of hydrogen-bond acceptors (Lipinski definition) is 5. The quantitative estimate of drug-likeness (QED) is 0.175. The molecule has 4 nitrogen and oxygen atoms in total. The smallest absolute Gasteiger partial charge is 0.164 e. The van der Waals surface area contributed by atoms with E-state index in [-0.39, 0.29) is 0 Å². The highest BCUT2D eigenvalue weighted by Crippen LogP contribution is 2.36. The number of pyridine rings is 1. The first-order valence-electron chi connectivity index (χ1n) is 19.6. The average Bonchev–Trinajstić information content (AvgIpc) is 3.32. The van der Waals surface area contributed by atoms with Crippen molar-refractivity contribution in [3.63, 3.8) is 0 Å². The summed E-state index contributed by atoms with van der Waals surface area (Å²) >= 11 is 1.73. The standard InChI is InChI=1S/C54H36N4S/c1-2-12-33-59-51-22-11-10-20-49(51)50-35-41(37-23-25-38(26-24-37)45-21-13-19-44-36-55-32-31-47(44)45)27-30-48(50)46-29-28-43(34-42(46)18-5-1)54-57-52(39-14-6-3-7-15-39)56-53(58-54)40-16-8-4-9-17-40/h1-36H. The molecule has 10 aromatic rings. The average molecular weight is 773 g/mol. The molecule has 0 saturated heterocycles. The highest BCUT2D eigenvalue weighted by atomic mass is 32.1. The molecule has 59 heavy (non-hydrogen) atoms. The Morgan fingerprint density at radius 3 is 1.69 bits per heavy atom. The van der Waals surface area contributed by atoms with Crippen LogP contribution in [0.15, 0.2) is 218 Å². The van der Waals surface area contributed by atoms with Crippen LogP contribution in [0, 0.1) is 0 Å². The number of nitrogens with zero attached hydrogens (tertiary/aromatic N) is 4. The number of rotatable bonds is 5. The Morgan fingerprint density at radius 2 is 0.915 bits per heavy atom. The van der Waals surface area contributed by atoms with Crippen LogP contribution in [-0.2, 0) is 0 Å². The number of aromatic nitrogens is 4. The third-order valence-electron chi connectivity index (χ3n) is 10.6. The van der Waals surface area contributed by atoms with E-state index in [1.165, 1.54) is 26.6 Å². The zero-order valence-corrected chi connectivity index (χ0v) is 32.8. The first kappa shape index (κ1) is 35.8. The van der Waals surface area contributed by atoms with Gasteiger partial charge in [-0.2, -0.15) is 0 Å². The molecule has 3 heterocycles. The number of benzene rings is 7. The molecular formula is C54H36N4S. The summed E-state index contributed by atoms with van der Waals surface area (Å²) in [5.74, 6) is 1.90. The molecule has 0 atom stereocenters. The maximum absolute atomic E-state index is 5.05. The Kier molecular flexibility index (Phi) is 9.77. The summed E-state index contributed by atoms with van der Waals surface area (Å²) in [5.41, 5.74) is 7.48. The predicted octanol–water partition coefficient (Wildman–Crippen LogP) is 14.5. The molecule has 0 saturated carbocycles. The predicted molar refractivity (Wildman–Crippen MR) is 248 cm³/mol. The van der Waals surface area contributed by atoms with Gasteiger partial charge < -0.3 is 0 Å². The zero-order valence-electron chi connectivity index (χ0n) is 32.0. The fourth-order valence-corrected chi connectivity index (χ4v) is 8.44. The van der Waals surface area contributed by atoms with Crippen molar-refractivity contribution in [2.24, 2.45) is 0 Å². The van der Waals surface area contributed by atoms with Gasteiger partial charge in [-0.1, -0.05) is 176 Å². The minimum Gasteiger partial charge on any atom is -0.264 e. The molecule has 0 aliphatic carbocycles. The largest absolute Gasteiger partial charge is 0.264 e. The van der Waals surface area contributed by atoms with Crippen LogP contribution in [0.1, 0.15) is 0 Å². The van der Waals surface area contributed by atoms with Gasteiger partial charge in [-0.3, -0.25) is 4.98 Å². The minimum absolute atomic E-state index is 0.622. The van der Waals surface area contributed by atoms with E-state index in [0.29, 0.717) is 17.5 Å². The van der Waals surface area contributed by atoms with Crippen LogP contribution in [0.2, 0.25) is 0 Å². The lowest BCUT2D eigenvalue weighted by atomic mass is 9.95. The molecule has 0 spiro atoms. The monoisotopic (exact) mass is 772 g/mol. The molecule has 3 aromatic heterocycles. The fraction of sp³-hybridized carbons (Fsp3) is 0. The van der Waals surface area contributed by atoms with E-state index in [0.717, 1.165) is 54.7 Å². The van der Waals surface area contributed by atoms with Gasteiger partial charge in [0, 0.05) is 39.2 Å². The maximum Gasteiger partial charge on any atom is 0.164 e. The summed E-state index contributed by atoms with van der Waals surface area (Å²) in [6.45, 7) is 0. The highest BCUT2D eigenvalue weighted by Gasteiger charge is 2.14. The second-order valence-corrected chi connectivity index (χ2v) is 15.2. The third-order valence-corrected chi connectivity index (χ3v) is 11.5. The van der Waals surface area contributed by atoms with Gasteiger partial charge in [0.15, 0.2) is 17.5 Å². The van der Waals surface area contributed by atoms with Crippen LogP contribution in [-0.4, -0.2) is 19.9 Å². The Labute approximate surface area is 346 Å². The molecule has 7 aromatic carbocycles. The van der Waals surface area contributed by atoms with E-state index < -0.39 is 0 Å². The minimum atomic E-state index is 0.622. The van der Waals surface area contributed by atoms with Crippen molar-refractivity contribution in [2.45, 2.75) is 0 Å². The van der Waals surface area contributed by atoms with Crippen LogP contribution >= 0.6 is 11.3 Å². The van der Waals surface area contributed by atoms with Gasteiger partial charge in [0.2, 0.25) is 0 Å². The van der Waals surface area contributed by atoms with E-state index in [2.05, 4.69) is 150 Å². The van der Waals surface area contributed by atoms with Gasteiger partial charge in [-0.05, 0) is 84.2 Å². The third kappa shape index (κ3) is 7.39. The van der Waals surface area contributed by atoms with Crippen molar-refractivity contribution in [3.8, 4) is 56.4 Å². The second-order valence-electron chi connectivity index (χ2n) is 14.3. The Balaban J connectivity index is 1.17. The summed E-state index contributed by atoms with van der Waals surface area (Å²) < 4.78 is 1.19. The van der Waals surface area contributed by atoms with Crippen molar-refractivity contribution >= 4 is 53.7 Å². The van der Waals surface area contributed by atoms with E-state index in [9.17, 15) is 0 Å². The molecule has 0 aliphatic heterocycles. The molecule has 5 heteroatoms. The topological polar surface area (TPSA) is 51.6 Å². The summed E-state index contributed by atoms with van der Waals surface area (Å²) in [6.07, 6.45) is 3.79. The van der Waals surface area contributed by atoms with Crippen molar-refractivity contribution in [3.05, 3.63) is 218 Å². The van der Waals surface area contributed by atoms with Gasteiger partial charge in [0.25, 0.3) is 0 Å². The SMILES string of the molecule is c1cccc2cc(-c3nc(-c4ccccc4)nc(-c4ccccc4)n3)ccc2c2ccc(-c3ccc(-c4cccc5cnccc45)cc3)cc2c2ccccc2scc1. The summed E-state index contributed by atoms with van der Waals surface area (Å²) in [4.78, 5) is 19.4. The molecule has 0 aliphatic rings. The Bertz CT molecular complexity index is 3210. The van der Waals surface area contributed by atoms with Gasteiger partial charge >= 0.3 is 0 Å². The van der Waals surface area contributed by atoms with Gasteiger partial charge in [0.05, 0.1) is 0 Å². The summed E-state index contributed by atoms with van der Waals surface area (Å²) in [5, 5.41) is 10.2. The molecule has 278 valence electrons. The maximum atomic E-state index is 5.05. The normalized spacial score (nSPS) is 11.1. The molecule has 0 amide bonds. The van der Waals surface area contributed by atoms with E-state index in [4.69, 9.17) is 15.0 Å². The zero-order chi connectivity index (χ0) is 39.4. The van der Waals surface area contributed by atoms with Crippen molar-refractivity contribution in [2.75, 3.05) is 0 Å². The van der Waals surface area contributed by atoms with Crippen molar-refractivity contribution < 1.29 is 0 Å². The van der Waals surface area contributed by atoms with E-state index in [1.807, 2.05) is 73.1 Å². The van der Waals surface area contributed by atoms with Crippen LogP contribution in [0.4, 0.5) is 0 Å². The highest BCUT2D eigenvalue weighted by molar-refractivity contribution is 7.16. The first-order valence-corrected chi connectivity index (χ1v) is 20.5. The number of fused-ring (bicyclic) bond motifs is 6. The fourth-order valence-electron chi connectivity index (χ4n) is 7.66. The van der Waals surface area contributed by atoms with Crippen LogP contribution in [0.5, 0.6) is 0 Å². The van der Waals surface area contributed by atoms with Crippen molar-refractivity contribution in [1.82, 2.24) is 19.9 Å². The molecule has 0 radical (unpaired) electrons. The lowest BCUT2D eigenvalue weighted by Gasteiger charge is -2.11. The lowest BCUT2D eigenvalue weighted by Crippen LogP contribution is -2.00. The first-order chi connectivity index (χ1) is 29.2. The van der Waals surface area contributed by atoms with Gasteiger partial charge in [-0.25, -0.2) is 15.0 Å². The van der Waals surface area contributed by atoms with Gasteiger partial charge in [0.1, 0.15) is 0 Å². The number of hydrogen-bond donors (Lipinski definition) is 0. The molecule has 10 rings (SSSR count). The summed E-state index contributed by atoms with van der Waals surface area (Å²) in [6, 6.07) is 70.2. The van der Waals surface area contributed by atoms with E-state index >= 15 is 0 Å².